The zero-order valence-electron chi connectivity index (χ0n) is 18.1. The zero-order chi connectivity index (χ0) is 22.7. The standard InChI is InChI=1S/C26H23N3O3/c1-17-14-21(18(2)29(17)22-11-6-10-20(15-22)26(31)32-3)16-27-28-25(30)24-13-7-9-19-8-4-5-12-23(19)24/h4-16H,1-3H3,(H,28,30)/b27-16-. The SMILES string of the molecule is COC(=O)c1cccc(-n2c(C)cc(/C=N\NC(=O)c3cccc4ccccc34)c2C)c1. The van der Waals surface area contributed by atoms with Gasteiger partial charge in [-0.2, -0.15) is 5.10 Å². The maximum absolute atomic E-state index is 12.7. The molecule has 0 fully saturated rings. The van der Waals surface area contributed by atoms with Crippen LogP contribution in [-0.4, -0.2) is 29.8 Å². The summed E-state index contributed by atoms with van der Waals surface area (Å²) in [6.07, 6.45) is 1.63. The number of aromatic nitrogens is 1. The Bertz CT molecular complexity index is 1350. The van der Waals surface area contributed by atoms with Crippen LogP contribution >= 0.6 is 0 Å². The van der Waals surface area contributed by atoms with E-state index in [2.05, 4.69) is 10.5 Å². The quantitative estimate of drug-likeness (QED) is 0.284. The van der Waals surface area contributed by atoms with E-state index in [1.807, 2.05) is 73.0 Å². The van der Waals surface area contributed by atoms with Crippen LogP contribution in [0.5, 0.6) is 0 Å². The Morgan fingerprint density at radius 1 is 0.969 bits per heavy atom. The molecular weight excluding hydrogens is 402 g/mol. The fourth-order valence-corrected chi connectivity index (χ4v) is 3.85. The molecule has 0 saturated carbocycles. The number of methoxy groups -OCH3 is 1. The van der Waals surface area contributed by atoms with Crippen molar-refractivity contribution in [2.45, 2.75) is 13.8 Å². The van der Waals surface area contributed by atoms with E-state index in [0.717, 1.165) is 33.4 Å². The number of nitrogens with zero attached hydrogens (tertiary/aromatic N) is 2. The van der Waals surface area contributed by atoms with Crippen LogP contribution in [0.1, 0.15) is 37.7 Å². The third kappa shape index (κ3) is 4.03. The molecule has 1 aromatic heterocycles. The summed E-state index contributed by atoms with van der Waals surface area (Å²) in [6, 6.07) is 22.6. The van der Waals surface area contributed by atoms with Gasteiger partial charge in [-0.05, 0) is 55.0 Å². The summed E-state index contributed by atoms with van der Waals surface area (Å²) >= 11 is 0. The van der Waals surface area contributed by atoms with Gasteiger partial charge in [-0.3, -0.25) is 4.79 Å². The molecule has 0 unspecified atom stereocenters. The second-order valence-corrected chi connectivity index (χ2v) is 7.43. The first-order valence-corrected chi connectivity index (χ1v) is 10.2. The minimum absolute atomic E-state index is 0.266. The van der Waals surface area contributed by atoms with E-state index in [4.69, 9.17) is 4.74 Å². The molecule has 1 N–H and O–H groups in total. The van der Waals surface area contributed by atoms with Crippen LogP contribution in [0.3, 0.4) is 0 Å². The summed E-state index contributed by atoms with van der Waals surface area (Å²) in [7, 11) is 1.36. The van der Waals surface area contributed by atoms with Crippen LogP contribution in [0.4, 0.5) is 0 Å². The smallest absolute Gasteiger partial charge is 0.337 e. The number of carbonyl (C=O) groups is 2. The summed E-state index contributed by atoms with van der Waals surface area (Å²) in [5, 5.41) is 6.06. The lowest BCUT2D eigenvalue weighted by Gasteiger charge is -2.11. The fraction of sp³-hybridized carbons (Fsp3) is 0.115. The average molecular weight is 425 g/mol. The Labute approximate surface area is 186 Å². The minimum Gasteiger partial charge on any atom is -0.465 e. The second kappa shape index (κ2) is 8.89. The highest BCUT2D eigenvalue weighted by Crippen LogP contribution is 2.21. The first kappa shape index (κ1) is 21.1. The van der Waals surface area contributed by atoms with Crippen LogP contribution in [0, 0.1) is 13.8 Å². The molecular formula is C26H23N3O3. The van der Waals surface area contributed by atoms with Crippen LogP contribution in [0.15, 0.2) is 77.9 Å². The lowest BCUT2D eigenvalue weighted by Crippen LogP contribution is -2.18. The van der Waals surface area contributed by atoms with Gasteiger partial charge in [0.05, 0.1) is 18.9 Å². The van der Waals surface area contributed by atoms with Crippen molar-refractivity contribution in [1.29, 1.82) is 0 Å². The van der Waals surface area contributed by atoms with Gasteiger partial charge in [0.25, 0.3) is 5.91 Å². The molecule has 0 aliphatic heterocycles. The molecule has 0 spiro atoms. The maximum Gasteiger partial charge on any atom is 0.337 e. The molecule has 0 bridgehead atoms. The second-order valence-electron chi connectivity index (χ2n) is 7.43. The van der Waals surface area contributed by atoms with Crippen molar-refractivity contribution in [3.63, 3.8) is 0 Å². The molecule has 1 amide bonds. The number of benzene rings is 3. The van der Waals surface area contributed by atoms with E-state index < -0.39 is 0 Å². The number of aryl methyl sites for hydroxylation is 1. The lowest BCUT2D eigenvalue weighted by atomic mass is 10.0. The number of carbonyl (C=O) groups excluding carboxylic acids is 2. The highest BCUT2D eigenvalue weighted by molar-refractivity contribution is 6.07. The van der Waals surface area contributed by atoms with Crippen LogP contribution < -0.4 is 5.43 Å². The number of hydrogen-bond donors (Lipinski definition) is 1. The molecule has 6 heteroatoms. The number of hydrogen-bond acceptors (Lipinski definition) is 4. The highest BCUT2D eigenvalue weighted by atomic mass is 16.5. The first-order valence-electron chi connectivity index (χ1n) is 10.2. The minimum atomic E-state index is -0.382. The summed E-state index contributed by atoms with van der Waals surface area (Å²) in [5.41, 5.74) is 7.31. The molecule has 4 aromatic rings. The third-order valence-electron chi connectivity index (χ3n) is 5.40. The van der Waals surface area contributed by atoms with E-state index >= 15 is 0 Å². The molecule has 4 rings (SSSR count). The highest BCUT2D eigenvalue weighted by Gasteiger charge is 2.13. The van der Waals surface area contributed by atoms with E-state index in [-0.39, 0.29) is 11.9 Å². The van der Waals surface area contributed by atoms with Gasteiger partial charge in [0.1, 0.15) is 0 Å². The predicted octanol–water partition coefficient (Wildman–Crippen LogP) is 4.80. The van der Waals surface area contributed by atoms with E-state index in [9.17, 15) is 9.59 Å². The number of rotatable bonds is 5. The van der Waals surface area contributed by atoms with Crippen molar-refractivity contribution < 1.29 is 14.3 Å². The average Bonchev–Trinajstić information content (AvgIpc) is 3.10. The molecule has 1 heterocycles. The predicted molar refractivity (Wildman–Crippen MR) is 126 cm³/mol. The van der Waals surface area contributed by atoms with E-state index in [0.29, 0.717) is 11.1 Å². The molecule has 0 aliphatic carbocycles. The summed E-state index contributed by atoms with van der Waals surface area (Å²) < 4.78 is 6.85. The largest absolute Gasteiger partial charge is 0.465 e. The molecule has 0 atom stereocenters. The topological polar surface area (TPSA) is 72.7 Å². The summed E-state index contributed by atoms with van der Waals surface area (Å²) in [6.45, 7) is 3.94. The van der Waals surface area contributed by atoms with Gasteiger partial charge in [-0.25, -0.2) is 10.2 Å². The monoisotopic (exact) mass is 425 g/mol. The molecule has 0 saturated heterocycles. The van der Waals surface area contributed by atoms with Gasteiger partial charge in [0.2, 0.25) is 0 Å². The first-order chi connectivity index (χ1) is 15.5. The van der Waals surface area contributed by atoms with Crippen molar-refractivity contribution in [3.8, 4) is 5.69 Å². The van der Waals surface area contributed by atoms with Gasteiger partial charge in [-0.1, -0.05) is 42.5 Å². The zero-order valence-corrected chi connectivity index (χ0v) is 18.1. The number of hydrazone groups is 1. The Hall–Kier alpha value is -4.19. The summed E-state index contributed by atoms with van der Waals surface area (Å²) in [5.74, 6) is -0.648. The Kier molecular flexibility index (Phi) is 5.85. The van der Waals surface area contributed by atoms with Crippen molar-refractivity contribution in [3.05, 3.63) is 101 Å². The molecule has 32 heavy (non-hydrogen) atoms. The maximum atomic E-state index is 12.7. The fourth-order valence-electron chi connectivity index (χ4n) is 3.85. The molecule has 6 nitrogen and oxygen atoms in total. The van der Waals surface area contributed by atoms with Gasteiger partial charge >= 0.3 is 5.97 Å². The molecule has 0 radical (unpaired) electrons. The number of nitrogens with one attached hydrogen (secondary N) is 1. The van der Waals surface area contributed by atoms with Gasteiger partial charge in [0.15, 0.2) is 0 Å². The van der Waals surface area contributed by atoms with Gasteiger partial charge in [-0.15, -0.1) is 0 Å². The number of amides is 1. The van der Waals surface area contributed by atoms with Gasteiger partial charge < -0.3 is 9.30 Å². The van der Waals surface area contributed by atoms with Crippen molar-refractivity contribution in [2.75, 3.05) is 7.11 Å². The molecule has 160 valence electrons. The van der Waals surface area contributed by atoms with Crippen molar-refractivity contribution in [2.24, 2.45) is 5.10 Å². The Morgan fingerprint density at radius 3 is 2.53 bits per heavy atom. The molecule has 0 aliphatic rings. The van der Waals surface area contributed by atoms with Gasteiger partial charge in [0, 0.05) is 28.2 Å². The Balaban J connectivity index is 1.57. The van der Waals surface area contributed by atoms with Crippen molar-refractivity contribution >= 4 is 28.9 Å². The van der Waals surface area contributed by atoms with E-state index in [1.165, 1.54) is 7.11 Å². The van der Waals surface area contributed by atoms with Crippen molar-refractivity contribution in [1.82, 2.24) is 9.99 Å². The third-order valence-corrected chi connectivity index (χ3v) is 5.40. The lowest BCUT2D eigenvalue weighted by molar-refractivity contribution is 0.0600. The molecule has 3 aromatic carbocycles. The van der Waals surface area contributed by atoms with E-state index in [1.54, 1.807) is 24.4 Å². The number of ether oxygens (including phenoxy) is 1. The summed E-state index contributed by atoms with van der Waals surface area (Å²) in [4.78, 5) is 24.6. The number of esters is 1. The van der Waals surface area contributed by atoms with Crippen LogP contribution in [0.2, 0.25) is 0 Å². The van der Waals surface area contributed by atoms with Crippen LogP contribution in [0.25, 0.3) is 16.5 Å². The Morgan fingerprint density at radius 2 is 1.72 bits per heavy atom. The normalized spacial score (nSPS) is 11.1. The number of fused-ring (bicyclic) bond motifs is 1. The van der Waals surface area contributed by atoms with Crippen LogP contribution in [-0.2, 0) is 4.74 Å².